The molecule has 1 aliphatic rings. The molecule has 1 fully saturated rings. The Morgan fingerprint density at radius 3 is 2.83 bits per heavy atom. The number of para-hydroxylation sites is 1. The Kier molecular flexibility index (Phi) is 4.93. The number of nitrogens with one attached hydrogen (secondary N) is 1. The second kappa shape index (κ2) is 7.29. The minimum Gasteiger partial charge on any atom is -0.504 e. The third kappa shape index (κ3) is 3.90. The van der Waals surface area contributed by atoms with Crippen LogP contribution in [0.5, 0.6) is 11.5 Å². The van der Waals surface area contributed by atoms with Crippen molar-refractivity contribution in [2.75, 3.05) is 20.2 Å². The van der Waals surface area contributed by atoms with Crippen molar-refractivity contribution in [2.24, 2.45) is 4.99 Å². The molecule has 2 atom stereocenters. The van der Waals surface area contributed by atoms with Crippen molar-refractivity contribution in [3.8, 4) is 11.5 Å². The van der Waals surface area contributed by atoms with Crippen LogP contribution in [0.15, 0.2) is 53.5 Å². The van der Waals surface area contributed by atoms with Crippen molar-refractivity contribution in [1.82, 2.24) is 0 Å². The summed E-state index contributed by atoms with van der Waals surface area (Å²) in [6.45, 7) is 3.23. The number of aromatic hydroxyl groups is 1. The molecule has 120 valence electrons. The summed E-state index contributed by atoms with van der Waals surface area (Å²) in [5.41, 5.74) is 2.08. The quantitative estimate of drug-likeness (QED) is 0.825. The van der Waals surface area contributed by atoms with Gasteiger partial charge in [-0.15, -0.1) is 0 Å². The first-order chi connectivity index (χ1) is 11.3. The zero-order valence-corrected chi connectivity index (χ0v) is 13.4. The maximum atomic E-state index is 10.1. The molecule has 1 saturated heterocycles. The fraction of sp³-hybridized carbons (Fsp3) is 0.316. The summed E-state index contributed by atoms with van der Waals surface area (Å²) in [5.74, 6) is 0.641. The van der Waals surface area contributed by atoms with E-state index in [9.17, 15) is 5.11 Å². The van der Waals surface area contributed by atoms with Gasteiger partial charge in [-0.25, -0.2) is 0 Å². The van der Waals surface area contributed by atoms with Crippen LogP contribution in [0.1, 0.15) is 17.5 Å². The molecule has 0 radical (unpaired) electrons. The van der Waals surface area contributed by atoms with E-state index >= 15 is 0 Å². The average Bonchev–Trinajstić information content (AvgIpc) is 3.02. The maximum Gasteiger partial charge on any atom is 0.166 e. The SMILES string of the molecule is COc1cccc(C=N[C@H]2CC[NH+](Cc3ccccc3)C2)c1O. The van der Waals surface area contributed by atoms with Gasteiger partial charge in [-0.3, -0.25) is 4.99 Å². The molecule has 2 aromatic rings. The van der Waals surface area contributed by atoms with Gasteiger partial charge in [0.2, 0.25) is 0 Å². The summed E-state index contributed by atoms with van der Waals surface area (Å²) in [4.78, 5) is 6.22. The van der Waals surface area contributed by atoms with Crippen LogP contribution in [0.3, 0.4) is 0 Å². The average molecular weight is 311 g/mol. The molecule has 1 heterocycles. The molecule has 23 heavy (non-hydrogen) atoms. The number of aliphatic imine (C=N–C) groups is 1. The molecule has 4 heteroatoms. The molecule has 1 unspecified atom stereocenters. The molecule has 0 amide bonds. The molecular formula is C19H23N2O2+. The molecule has 1 aliphatic heterocycles. The van der Waals surface area contributed by atoms with Gasteiger partial charge in [-0.2, -0.15) is 0 Å². The van der Waals surface area contributed by atoms with Crippen LogP contribution >= 0.6 is 0 Å². The van der Waals surface area contributed by atoms with Crippen molar-refractivity contribution in [2.45, 2.75) is 19.0 Å². The van der Waals surface area contributed by atoms with Crippen molar-refractivity contribution in [3.63, 3.8) is 0 Å². The standard InChI is InChI=1S/C19H22N2O2/c1-23-18-9-5-8-16(19(18)22)12-20-17-10-11-21(14-17)13-15-6-3-2-4-7-15/h2-9,12,17,22H,10-11,13-14H2,1H3/p+1/t17-/m0/s1. The van der Waals surface area contributed by atoms with Crippen LogP contribution in [0.4, 0.5) is 0 Å². The summed E-state index contributed by atoms with van der Waals surface area (Å²) in [6, 6.07) is 16.4. The van der Waals surface area contributed by atoms with E-state index in [1.54, 1.807) is 24.3 Å². The topological polar surface area (TPSA) is 46.3 Å². The number of hydrogen-bond acceptors (Lipinski definition) is 3. The van der Waals surface area contributed by atoms with Crippen LogP contribution in [0, 0.1) is 0 Å². The molecule has 0 aromatic heterocycles. The Labute approximate surface area is 137 Å². The zero-order chi connectivity index (χ0) is 16.1. The van der Waals surface area contributed by atoms with Crippen LogP contribution < -0.4 is 9.64 Å². The van der Waals surface area contributed by atoms with E-state index < -0.39 is 0 Å². The molecule has 0 aliphatic carbocycles. The fourth-order valence-electron chi connectivity index (χ4n) is 3.07. The van der Waals surface area contributed by atoms with E-state index in [-0.39, 0.29) is 5.75 Å². The van der Waals surface area contributed by atoms with Gasteiger partial charge in [-0.05, 0) is 12.1 Å². The molecule has 0 saturated carbocycles. The van der Waals surface area contributed by atoms with Gasteiger partial charge >= 0.3 is 0 Å². The summed E-state index contributed by atoms with van der Waals surface area (Å²) < 4.78 is 5.13. The number of nitrogens with zero attached hydrogens (tertiary/aromatic N) is 1. The number of ether oxygens (including phenoxy) is 1. The van der Waals surface area contributed by atoms with E-state index in [1.807, 2.05) is 12.1 Å². The molecule has 0 spiro atoms. The van der Waals surface area contributed by atoms with Gasteiger partial charge in [0.05, 0.1) is 13.7 Å². The van der Waals surface area contributed by atoms with E-state index in [1.165, 1.54) is 5.56 Å². The number of methoxy groups -OCH3 is 1. The first-order valence-electron chi connectivity index (χ1n) is 8.03. The van der Waals surface area contributed by atoms with Crippen LogP contribution in [-0.4, -0.2) is 37.6 Å². The highest BCUT2D eigenvalue weighted by Crippen LogP contribution is 2.28. The molecule has 0 bridgehead atoms. The summed E-state index contributed by atoms with van der Waals surface area (Å²) in [6.07, 6.45) is 2.86. The lowest BCUT2D eigenvalue weighted by atomic mass is 10.2. The number of rotatable bonds is 5. The molecule has 2 aromatic carbocycles. The third-order valence-corrected chi connectivity index (χ3v) is 4.33. The fourth-order valence-corrected chi connectivity index (χ4v) is 3.07. The number of benzene rings is 2. The summed E-state index contributed by atoms with van der Waals surface area (Å²) in [7, 11) is 1.55. The number of phenols is 1. The lowest BCUT2D eigenvalue weighted by Gasteiger charge is -2.12. The molecule has 3 rings (SSSR count). The largest absolute Gasteiger partial charge is 0.504 e. The zero-order valence-electron chi connectivity index (χ0n) is 13.4. The smallest absolute Gasteiger partial charge is 0.166 e. The van der Waals surface area contributed by atoms with Crippen molar-refractivity contribution >= 4 is 6.21 Å². The minimum atomic E-state index is 0.158. The Morgan fingerprint density at radius 2 is 2.04 bits per heavy atom. The lowest BCUT2D eigenvalue weighted by molar-refractivity contribution is -0.901. The second-order valence-corrected chi connectivity index (χ2v) is 5.99. The number of quaternary nitrogens is 1. The lowest BCUT2D eigenvalue weighted by Crippen LogP contribution is -3.09. The number of hydrogen-bond donors (Lipinski definition) is 2. The Bertz CT molecular complexity index is 670. The van der Waals surface area contributed by atoms with E-state index in [0.29, 0.717) is 17.4 Å². The predicted molar refractivity (Wildman–Crippen MR) is 91.5 cm³/mol. The normalized spacial score (nSPS) is 20.9. The summed E-state index contributed by atoms with van der Waals surface area (Å²) >= 11 is 0. The van der Waals surface area contributed by atoms with Crippen molar-refractivity contribution < 1.29 is 14.7 Å². The van der Waals surface area contributed by atoms with E-state index in [2.05, 4.69) is 35.3 Å². The van der Waals surface area contributed by atoms with Gasteiger partial charge in [-0.1, -0.05) is 36.4 Å². The first kappa shape index (κ1) is 15.6. The number of phenolic OH excluding ortho intramolecular Hbond substituents is 1. The van der Waals surface area contributed by atoms with E-state index in [4.69, 9.17) is 4.74 Å². The van der Waals surface area contributed by atoms with Gasteiger partial charge in [0, 0.05) is 23.8 Å². The Hall–Kier alpha value is -2.33. The highest BCUT2D eigenvalue weighted by molar-refractivity contribution is 5.84. The Morgan fingerprint density at radius 1 is 1.22 bits per heavy atom. The van der Waals surface area contributed by atoms with Gasteiger partial charge in [0.25, 0.3) is 0 Å². The predicted octanol–water partition coefficient (Wildman–Crippen LogP) is 1.68. The van der Waals surface area contributed by atoms with Crippen LogP contribution in [-0.2, 0) is 6.54 Å². The monoisotopic (exact) mass is 311 g/mol. The van der Waals surface area contributed by atoms with Crippen molar-refractivity contribution in [3.05, 3.63) is 59.7 Å². The Balaban J connectivity index is 1.59. The van der Waals surface area contributed by atoms with Crippen molar-refractivity contribution in [1.29, 1.82) is 0 Å². The van der Waals surface area contributed by atoms with Crippen LogP contribution in [0.25, 0.3) is 0 Å². The summed E-state index contributed by atoms with van der Waals surface area (Å²) in [5, 5.41) is 10.1. The minimum absolute atomic E-state index is 0.158. The highest BCUT2D eigenvalue weighted by Gasteiger charge is 2.25. The highest BCUT2D eigenvalue weighted by atomic mass is 16.5. The maximum absolute atomic E-state index is 10.1. The molecule has 4 nitrogen and oxygen atoms in total. The number of likely N-dealkylation sites (tertiary alicyclic amines) is 1. The van der Waals surface area contributed by atoms with E-state index in [0.717, 1.165) is 26.1 Å². The van der Waals surface area contributed by atoms with Gasteiger partial charge in [0.1, 0.15) is 19.1 Å². The molecular weight excluding hydrogens is 288 g/mol. The van der Waals surface area contributed by atoms with Gasteiger partial charge in [0.15, 0.2) is 11.5 Å². The molecule has 2 N–H and O–H groups in total. The third-order valence-electron chi connectivity index (χ3n) is 4.33. The first-order valence-corrected chi connectivity index (χ1v) is 8.03. The van der Waals surface area contributed by atoms with Gasteiger partial charge < -0.3 is 14.7 Å². The second-order valence-electron chi connectivity index (χ2n) is 5.99. The van der Waals surface area contributed by atoms with Crippen LogP contribution in [0.2, 0.25) is 0 Å².